The number of aryl methyl sites for hydroxylation is 1. The minimum atomic E-state index is -0.727. The number of carboxylic acid groups (broad SMARTS) is 1. The van der Waals surface area contributed by atoms with Crippen molar-refractivity contribution in [2.45, 2.75) is 18.8 Å². The summed E-state index contributed by atoms with van der Waals surface area (Å²) in [5.41, 5.74) is 2.51. The first-order valence-electron chi connectivity index (χ1n) is 5.14. The van der Waals surface area contributed by atoms with Crippen LogP contribution < -0.4 is 0 Å². The van der Waals surface area contributed by atoms with E-state index in [0.29, 0.717) is 6.42 Å². The first-order valence-corrected chi connectivity index (χ1v) is 6.29. The molecule has 0 amide bonds. The van der Waals surface area contributed by atoms with Gasteiger partial charge in [0, 0.05) is 23.8 Å². The SMILES string of the molecule is O=C(O)CCc1ccc(C2CSC2)cc1. The van der Waals surface area contributed by atoms with E-state index in [4.69, 9.17) is 5.11 Å². The third kappa shape index (κ3) is 2.75. The molecule has 1 fully saturated rings. The molecule has 15 heavy (non-hydrogen) atoms. The van der Waals surface area contributed by atoms with Crippen molar-refractivity contribution in [2.24, 2.45) is 0 Å². The van der Waals surface area contributed by atoms with Crippen LogP contribution in [-0.4, -0.2) is 22.6 Å². The standard InChI is InChI=1S/C12H14O2S/c13-12(14)6-3-9-1-4-10(5-2-9)11-7-15-8-11/h1-2,4-5,11H,3,6-8H2,(H,13,14). The van der Waals surface area contributed by atoms with E-state index >= 15 is 0 Å². The lowest BCUT2D eigenvalue weighted by Gasteiger charge is -2.25. The van der Waals surface area contributed by atoms with Crippen LogP contribution in [0, 0.1) is 0 Å². The highest BCUT2D eigenvalue weighted by Crippen LogP contribution is 2.33. The van der Waals surface area contributed by atoms with Crippen molar-refractivity contribution in [3.8, 4) is 0 Å². The van der Waals surface area contributed by atoms with E-state index < -0.39 is 5.97 Å². The zero-order chi connectivity index (χ0) is 10.7. The molecule has 1 heterocycles. The molecule has 1 aliphatic rings. The summed E-state index contributed by atoms with van der Waals surface area (Å²) in [6, 6.07) is 8.39. The smallest absolute Gasteiger partial charge is 0.303 e. The number of thioether (sulfide) groups is 1. The molecule has 0 bridgehead atoms. The van der Waals surface area contributed by atoms with Crippen molar-refractivity contribution in [2.75, 3.05) is 11.5 Å². The quantitative estimate of drug-likeness (QED) is 0.850. The summed E-state index contributed by atoms with van der Waals surface area (Å²) >= 11 is 1.98. The minimum Gasteiger partial charge on any atom is -0.481 e. The molecule has 0 aliphatic carbocycles. The van der Waals surface area contributed by atoms with Gasteiger partial charge in [0.1, 0.15) is 0 Å². The van der Waals surface area contributed by atoms with Crippen LogP contribution in [0.5, 0.6) is 0 Å². The highest BCUT2D eigenvalue weighted by molar-refractivity contribution is 8.00. The molecule has 2 nitrogen and oxygen atoms in total. The van der Waals surface area contributed by atoms with E-state index in [1.807, 2.05) is 11.8 Å². The van der Waals surface area contributed by atoms with Crippen molar-refractivity contribution in [1.82, 2.24) is 0 Å². The van der Waals surface area contributed by atoms with Crippen LogP contribution in [0.25, 0.3) is 0 Å². The number of aliphatic carboxylic acids is 1. The molecule has 0 saturated carbocycles. The van der Waals surface area contributed by atoms with Crippen molar-refractivity contribution in [3.63, 3.8) is 0 Å². The van der Waals surface area contributed by atoms with Crippen LogP contribution in [0.4, 0.5) is 0 Å². The second kappa shape index (κ2) is 4.71. The third-order valence-electron chi connectivity index (χ3n) is 2.72. The topological polar surface area (TPSA) is 37.3 Å². The van der Waals surface area contributed by atoms with Gasteiger partial charge in [-0.25, -0.2) is 0 Å². The highest BCUT2D eigenvalue weighted by Gasteiger charge is 2.19. The zero-order valence-corrected chi connectivity index (χ0v) is 9.30. The normalized spacial score (nSPS) is 16.0. The summed E-state index contributed by atoms with van der Waals surface area (Å²) in [6.07, 6.45) is 0.855. The van der Waals surface area contributed by atoms with Gasteiger partial charge in [0.15, 0.2) is 0 Å². The number of benzene rings is 1. The second-order valence-corrected chi connectivity index (χ2v) is 4.94. The molecule has 1 aliphatic heterocycles. The Morgan fingerprint density at radius 3 is 2.47 bits per heavy atom. The van der Waals surface area contributed by atoms with Gasteiger partial charge in [-0.05, 0) is 17.5 Å². The molecule has 0 spiro atoms. The van der Waals surface area contributed by atoms with E-state index in [-0.39, 0.29) is 6.42 Å². The zero-order valence-electron chi connectivity index (χ0n) is 8.48. The van der Waals surface area contributed by atoms with E-state index in [1.165, 1.54) is 17.1 Å². The Hall–Kier alpha value is -0.960. The Bertz CT molecular complexity index is 341. The molecule has 80 valence electrons. The van der Waals surface area contributed by atoms with Gasteiger partial charge in [-0.1, -0.05) is 24.3 Å². The number of rotatable bonds is 4. The summed E-state index contributed by atoms with van der Waals surface area (Å²) in [7, 11) is 0. The fourth-order valence-electron chi connectivity index (χ4n) is 1.64. The number of hydrogen-bond acceptors (Lipinski definition) is 2. The number of hydrogen-bond donors (Lipinski definition) is 1. The van der Waals surface area contributed by atoms with E-state index in [2.05, 4.69) is 24.3 Å². The summed E-state index contributed by atoms with van der Waals surface area (Å²) in [5, 5.41) is 8.56. The van der Waals surface area contributed by atoms with E-state index in [0.717, 1.165) is 11.5 Å². The van der Waals surface area contributed by atoms with Gasteiger partial charge in [0.2, 0.25) is 0 Å². The molecule has 0 atom stereocenters. The number of carboxylic acids is 1. The lowest BCUT2D eigenvalue weighted by atomic mass is 9.99. The van der Waals surface area contributed by atoms with Crippen LogP contribution in [0.3, 0.4) is 0 Å². The van der Waals surface area contributed by atoms with Gasteiger partial charge in [-0.3, -0.25) is 4.79 Å². The lowest BCUT2D eigenvalue weighted by molar-refractivity contribution is -0.136. The molecule has 1 aromatic carbocycles. The molecule has 0 radical (unpaired) electrons. The monoisotopic (exact) mass is 222 g/mol. The fraction of sp³-hybridized carbons (Fsp3) is 0.417. The summed E-state index contributed by atoms with van der Waals surface area (Å²) < 4.78 is 0. The third-order valence-corrected chi connectivity index (χ3v) is 3.99. The van der Waals surface area contributed by atoms with Crippen LogP contribution in [0.15, 0.2) is 24.3 Å². The van der Waals surface area contributed by atoms with E-state index in [1.54, 1.807) is 0 Å². The summed E-state index contributed by atoms with van der Waals surface area (Å²) in [4.78, 5) is 10.4. The van der Waals surface area contributed by atoms with Gasteiger partial charge in [0.25, 0.3) is 0 Å². The molecule has 0 aromatic heterocycles. The van der Waals surface area contributed by atoms with Crippen molar-refractivity contribution in [1.29, 1.82) is 0 Å². The first kappa shape index (κ1) is 10.6. The van der Waals surface area contributed by atoms with Gasteiger partial charge < -0.3 is 5.11 Å². The Kier molecular flexibility index (Phi) is 3.31. The minimum absolute atomic E-state index is 0.221. The molecule has 2 rings (SSSR count). The molecule has 3 heteroatoms. The average Bonchev–Trinajstić information content (AvgIpc) is 2.14. The van der Waals surface area contributed by atoms with Crippen LogP contribution >= 0.6 is 11.8 Å². The molecule has 1 saturated heterocycles. The van der Waals surface area contributed by atoms with Crippen molar-refractivity contribution >= 4 is 17.7 Å². The van der Waals surface area contributed by atoms with Gasteiger partial charge in [-0.2, -0.15) is 11.8 Å². The maximum atomic E-state index is 10.4. The second-order valence-electron chi connectivity index (χ2n) is 3.87. The highest BCUT2D eigenvalue weighted by atomic mass is 32.2. The Morgan fingerprint density at radius 1 is 1.33 bits per heavy atom. The Labute approximate surface area is 93.7 Å². The molecule has 1 aromatic rings. The maximum Gasteiger partial charge on any atom is 0.303 e. The fourth-order valence-corrected chi connectivity index (χ4v) is 2.49. The molecule has 1 N–H and O–H groups in total. The predicted octanol–water partition coefficient (Wildman–Crippen LogP) is 2.53. The lowest BCUT2D eigenvalue weighted by Crippen LogP contribution is -2.15. The van der Waals surface area contributed by atoms with E-state index in [9.17, 15) is 4.79 Å². The molecular weight excluding hydrogens is 208 g/mol. The summed E-state index contributed by atoms with van der Waals surface area (Å²) in [5.74, 6) is 2.46. The first-order chi connectivity index (χ1) is 7.25. The van der Waals surface area contributed by atoms with Crippen molar-refractivity contribution in [3.05, 3.63) is 35.4 Å². The Morgan fingerprint density at radius 2 is 2.00 bits per heavy atom. The Balaban J connectivity index is 1.94. The average molecular weight is 222 g/mol. The predicted molar refractivity (Wildman–Crippen MR) is 62.5 cm³/mol. The maximum absolute atomic E-state index is 10.4. The van der Waals surface area contributed by atoms with Gasteiger partial charge in [-0.15, -0.1) is 0 Å². The largest absolute Gasteiger partial charge is 0.481 e. The summed E-state index contributed by atoms with van der Waals surface area (Å²) in [6.45, 7) is 0. The van der Waals surface area contributed by atoms with Gasteiger partial charge in [0.05, 0.1) is 0 Å². The van der Waals surface area contributed by atoms with Crippen molar-refractivity contribution < 1.29 is 9.90 Å². The van der Waals surface area contributed by atoms with Crippen LogP contribution in [-0.2, 0) is 11.2 Å². The van der Waals surface area contributed by atoms with Crippen LogP contribution in [0.2, 0.25) is 0 Å². The number of carbonyl (C=O) groups is 1. The molecular formula is C12H14O2S. The van der Waals surface area contributed by atoms with Crippen LogP contribution in [0.1, 0.15) is 23.5 Å². The molecule has 0 unspecified atom stereocenters. The van der Waals surface area contributed by atoms with Gasteiger partial charge >= 0.3 is 5.97 Å².